The van der Waals surface area contributed by atoms with Crippen LogP contribution >= 0.6 is 0 Å². The first-order valence-corrected chi connectivity index (χ1v) is 4.88. The number of aliphatic hydroxyl groups is 1. The van der Waals surface area contributed by atoms with Crippen LogP contribution in [0.5, 0.6) is 0 Å². The molecular formula is C12H11FN2O. The largest absolute Gasteiger partial charge is 0.383 e. The van der Waals surface area contributed by atoms with Gasteiger partial charge in [0.05, 0.1) is 0 Å². The Hall–Kier alpha value is -1.81. The van der Waals surface area contributed by atoms with Crippen molar-refractivity contribution in [2.45, 2.75) is 13.0 Å². The minimum atomic E-state index is -1.03. The Labute approximate surface area is 92.6 Å². The molecule has 1 N–H and O–H groups in total. The highest BCUT2D eigenvalue weighted by Gasteiger charge is 2.16. The summed E-state index contributed by atoms with van der Waals surface area (Å²) in [4.78, 5) is 7.58. The first-order valence-electron chi connectivity index (χ1n) is 4.88. The lowest BCUT2D eigenvalue weighted by Crippen LogP contribution is -2.04. The fraction of sp³-hybridized carbons (Fsp3) is 0.167. The highest BCUT2D eigenvalue weighted by molar-refractivity contribution is 5.31. The van der Waals surface area contributed by atoms with Gasteiger partial charge >= 0.3 is 0 Å². The predicted octanol–water partition coefficient (Wildman–Crippen LogP) is 2.01. The molecule has 16 heavy (non-hydrogen) atoms. The number of benzene rings is 1. The number of aromatic nitrogens is 2. The van der Waals surface area contributed by atoms with E-state index in [2.05, 4.69) is 9.97 Å². The molecule has 0 fully saturated rings. The van der Waals surface area contributed by atoms with Crippen LogP contribution in [0.1, 0.15) is 22.8 Å². The molecule has 0 spiro atoms. The summed E-state index contributed by atoms with van der Waals surface area (Å²) < 4.78 is 13.7. The Morgan fingerprint density at radius 2 is 1.94 bits per heavy atom. The van der Waals surface area contributed by atoms with Crippen LogP contribution in [0, 0.1) is 12.7 Å². The van der Waals surface area contributed by atoms with Crippen molar-refractivity contribution in [3.63, 3.8) is 0 Å². The molecule has 1 unspecified atom stereocenters. The van der Waals surface area contributed by atoms with Crippen molar-refractivity contribution in [2.75, 3.05) is 0 Å². The lowest BCUT2D eigenvalue weighted by molar-refractivity contribution is 0.214. The third-order valence-corrected chi connectivity index (χ3v) is 2.41. The molecular weight excluding hydrogens is 207 g/mol. The summed E-state index contributed by atoms with van der Waals surface area (Å²) in [5.74, 6) is -0.390. The highest BCUT2D eigenvalue weighted by atomic mass is 19.1. The van der Waals surface area contributed by atoms with Crippen molar-refractivity contribution in [3.8, 4) is 0 Å². The third-order valence-electron chi connectivity index (χ3n) is 2.41. The van der Waals surface area contributed by atoms with E-state index in [9.17, 15) is 9.50 Å². The van der Waals surface area contributed by atoms with Crippen LogP contribution in [0.3, 0.4) is 0 Å². The van der Waals surface area contributed by atoms with Crippen molar-refractivity contribution in [3.05, 3.63) is 59.4 Å². The van der Waals surface area contributed by atoms with Gasteiger partial charge in [-0.15, -0.1) is 0 Å². The number of aryl methyl sites for hydroxylation is 1. The molecule has 1 heterocycles. The molecule has 0 aliphatic rings. The molecule has 4 heteroatoms. The Morgan fingerprint density at radius 3 is 2.62 bits per heavy atom. The van der Waals surface area contributed by atoms with Gasteiger partial charge in [0, 0.05) is 23.5 Å². The van der Waals surface area contributed by atoms with Gasteiger partial charge < -0.3 is 5.11 Å². The fourth-order valence-corrected chi connectivity index (χ4v) is 1.51. The van der Waals surface area contributed by atoms with Crippen molar-refractivity contribution >= 4 is 0 Å². The maximum absolute atomic E-state index is 13.7. The summed E-state index contributed by atoms with van der Waals surface area (Å²) in [5, 5.41) is 9.98. The number of halogens is 1. The lowest BCUT2D eigenvalue weighted by atomic mass is 10.0. The van der Waals surface area contributed by atoms with E-state index in [4.69, 9.17) is 0 Å². The zero-order valence-electron chi connectivity index (χ0n) is 8.76. The van der Waals surface area contributed by atoms with E-state index in [0.717, 1.165) is 0 Å². The van der Waals surface area contributed by atoms with E-state index in [1.165, 1.54) is 18.7 Å². The molecule has 0 radical (unpaired) electrons. The molecule has 0 bridgehead atoms. The van der Waals surface area contributed by atoms with Gasteiger partial charge in [0.1, 0.15) is 18.2 Å². The number of hydrogen-bond acceptors (Lipinski definition) is 3. The van der Waals surface area contributed by atoms with Gasteiger partial charge in [0.2, 0.25) is 0 Å². The smallest absolute Gasteiger partial charge is 0.132 e. The quantitative estimate of drug-likeness (QED) is 0.838. The maximum Gasteiger partial charge on any atom is 0.132 e. The minimum absolute atomic E-state index is 0.245. The Morgan fingerprint density at radius 1 is 1.25 bits per heavy atom. The average molecular weight is 218 g/mol. The van der Waals surface area contributed by atoms with Gasteiger partial charge in [-0.05, 0) is 12.5 Å². The second-order valence-corrected chi connectivity index (χ2v) is 3.55. The molecule has 1 aromatic heterocycles. The van der Waals surface area contributed by atoms with Crippen molar-refractivity contribution in [1.82, 2.24) is 9.97 Å². The fourth-order valence-electron chi connectivity index (χ4n) is 1.51. The highest BCUT2D eigenvalue weighted by Crippen LogP contribution is 2.24. The van der Waals surface area contributed by atoms with Crippen LogP contribution in [0.4, 0.5) is 4.39 Å². The first-order chi connectivity index (χ1) is 7.70. The summed E-state index contributed by atoms with van der Waals surface area (Å²) in [5.41, 5.74) is 1.23. The minimum Gasteiger partial charge on any atom is -0.383 e. The summed E-state index contributed by atoms with van der Waals surface area (Å²) >= 11 is 0. The monoisotopic (exact) mass is 218 g/mol. The van der Waals surface area contributed by atoms with E-state index >= 15 is 0 Å². The molecule has 0 saturated heterocycles. The second-order valence-electron chi connectivity index (χ2n) is 3.55. The Kier molecular flexibility index (Phi) is 2.92. The Bertz CT molecular complexity index is 488. The summed E-state index contributed by atoms with van der Waals surface area (Å²) in [6.07, 6.45) is 3.28. The van der Waals surface area contributed by atoms with Crippen LogP contribution in [0.15, 0.2) is 36.9 Å². The molecule has 0 aliphatic heterocycles. The first kappa shape index (κ1) is 10.7. The molecule has 1 atom stereocenters. The molecule has 0 amide bonds. The molecule has 0 aliphatic carbocycles. The molecule has 82 valence electrons. The van der Waals surface area contributed by atoms with E-state index in [1.54, 1.807) is 25.1 Å². The molecule has 1 aromatic carbocycles. The van der Waals surface area contributed by atoms with Gasteiger partial charge in [-0.3, -0.25) is 0 Å². The molecule has 2 aromatic rings. The van der Waals surface area contributed by atoms with Crippen LogP contribution in [-0.4, -0.2) is 15.1 Å². The summed E-state index contributed by atoms with van der Waals surface area (Å²) in [6, 6.07) is 4.92. The van der Waals surface area contributed by atoms with Gasteiger partial charge in [-0.2, -0.15) is 0 Å². The lowest BCUT2D eigenvalue weighted by Gasteiger charge is -2.12. The van der Waals surface area contributed by atoms with Crippen LogP contribution in [0.25, 0.3) is 0 Å². The molecule has 3 nitrogen and oxygen atoms in total. The SMILES string of the molecule is Cc1cccc(C(O)c2cncnc2)c1F. The van der Waals surface area contributed by atoms with Gasteiger partial charge in [-0.25, -0.2) is 14.4 Å². The van der Waals surface area contributed by atoms with E-state index in [0.29, 0.717) is 11.1 Å². The summed E-state index contributed by atoms with van der Waals surface area (Å²) in [7, 11) is 0. The third kappa shape index (κ3) is 1.92. The van der Waals surface area contributed by atoms with Crippen LogP contribution in [0.2, 0.25) is 0 Å². The Balaban J connectivity index is 2.42. The second kappa shape index (κ2) is 4.37. The van der Waals surface area contributed by atoms with E-state index in [-0.39, 0.29) is 11.4 Å². The number of aliphatic hydroxyl groups excluding tert-OH is 1. The number of hydrogen-bond donors (Lipinski definition) is 1. The standard InChI is InChI=1S/C12H11FN2O/c1-8-3-2-4-10(11(8)13)12(16)9-5-14-7-15-6-9/h2-7,12,16H,1H3. The molecule has 2 rings (SSSR count). The maximum atomic E-state index is 13.7. The zero-order chi connectivity index (χ0) is 11.5. The van der Waals surface area contributed by atoms with Crippen molar-refractivity contribution in [1.29, 1.82) is 0 Å². The number of rotatable bonds is 2. The number of nitrogens with zero attached hydrogens (tertiary/aromatic N) is 2. The normalized spacial score (nSPS) is 12.4. The summed E-state index contributed by atoms with van der Waals surface area (Å²) in [6.45, 7) is 1.66. The predicted molar refractivity (Wildman–Crippen MR) is 57.2 cm³/mol. The topological polar surface area (TPSA) is 46.0 Å². The van der Waals surface area contributed by atoms with Gasteiger partial charge in [-0.1, -0.05) is 18.2 Å². The van der Waals surface area contributed by atoms with E-state index < -0.39 is 6.10 Å². The zero-order valence-corrected chi connectivity index (χ0v) is 8.76. The van der Waals surface area contributed by atoms with Crippen LogP contribution in [-0.2, 0) is 0 Å². The molecule has 0 saturated carbocycles. The van der Waals surface area contributed by atoms with Gasteiger partial charge in [0.25, 0.3) is 0 Å². The average Bonchev–Trinajstić information content (AvgIpc) is 2.33. The van der Waals surface area contributed by atoms with Gasteiger partial charge in [0.15, 0.2) is 0 Å². The van der Waals surface area contributed by atoms with Crippen molar-refractivity contribution in [2.24, 2.45) is 0 Å². The van der Waals surface area contributed by atoms with Crippen LogP contribution < -0.4 is 0 Å². The van der Waals surface area contributed by atoms with E-state index in [1.807, 2.05) is 0 Å². The van der Waals surface area contributed by atoms with Crippen molar-refractivity contribution < 1.29 is 9.50 Å².